The quantitative estimate of drug-likeness (QED) is 0.838. The summed E-state index contributed by atoms with van der Waals surface area (Å²) in [5, 5.41) is 0. The first-order valence-electron chi connectivity index (χ1n) is 10.3. The van der Waals surface area contributed by atoms with Crippen LogP contribution in [-0.2, 0) is 16.8 Å². The number of rotatable bonds is 6. The van der Waals surface area contributed by atoms with Crippen molar-refractivity contribution in [3.8, 4) is 0 Å². The summed E-state index contributed by atoms with van der Waals surface area (Å²) >= 11 is 0. The Balaban J connectivity index is 1.72. The molecule has 1 saturated heterocycles. The van der Waals surface area contributed by atoms with Crippen molar-refractivity contribution in [3.05, 3.63) is 71.8 Å². The summed E-state index contributed by atoms with van der Waals surface area (Å²) in [4.78, 5) is 17.6. The van der Waals surface area contributed by atoms with Gasteiger partial charge in [0.15, 0.2) is 0 Å². The van der Waals surface area contributed by atoms with Gasteiger partial charge in [0, 0.05) is 24.7 Å². The minimum absolute atomic E-state index is 0.0126. The van der Waals surface area contributed by atoms with Crippen molar-refractivity contribution in [2.75, 3.05) is 27.2 Å². The number of carbonyl (C=O) groups is 1. The minimum Gasteiger partial charge on any atom is -0.342 e. The second-order valence-corrected chi connectivity index (χ2v) is 8.27. The molecule has 1 amide bonds. The fourth-order valence-corrected chi connectivity index (χ4v) is 4.44. The Morgan fingerprint density at radius 1 is 1.04 bits per heavy atom. The molecule has 4 nitrogen and oxygen atoms in total. The first-order chi connectivity index (χ1) is 13.4. The Labute approximate surface area is 169 Å². The van der Waals surface area contributed by atoms with Gasteiger partial charge in [-0.3, -0.25) is 9.69 Å². The number of hydrogen-bond acceptors (Lipinski definition) is 3. The second kappa shape index (κ2) is 8.89. The average Bonchev–Trinajstić information content (AvgIpc) is 2.72. The highest BCUT2D eigenvalue weighted by Crippen LogP contribution is 2.37. The molecule has 28 heavy (non-hydrogen) atoms. The van der Waals surface area contributed by atoms with Crippen molar-refractivity contribution in [3.63, 3.8) is 0 Å². The van der Waals surface area contributed by atoms with E-state index in [4.69, 9.17) is 5.73 Å². The number of amides is 1. The van der Waals surface area contributed by atoms with Crippen LogP contribution in [0.1, 0.15) is 30.9 Å². The average molecular weight is 380 g/mol. The number of benzene rings is 2. The van der Waals surface area contributed by atoms with E-state index in [1.165, 1.54) is 11.1 Å². The van der Waals surface area contributed by atoms with E-state index in [9.17, 15) is 4.79 Å². The van der Waals surface area contributed by atoms with Crippen LogP contribution >= 0.6 is 0 Å². The largest absolute Gasteiger partial charge is 0.342 e. The maximum atomic E-state index is 13.3. The van der Waals surface area contributed by atoms with Crippen molar-refractivity contribution in [2.45, 2.75) is 37.8 Å². The SMILES string of the molecule is CC(N)C(Cc1ccccc1)C(=O)N1CCC(c2ccccc2)(N(C)C)CC1. The summed E-state index contributed by atoms with van der Waals surface area (Å²) in [6.45, 7) is 3.48. The highest BCUT2D eigenvalue weighted by Gasteiger charge is 2.40. The van der Waals surface area contributed by atoms with Gasteiger partial charge < -0.3 is 10.6 Å². The van der Waals surface area contributed by atoms with Crippen LogP contribution in [0.4, 0.5) is 0 Å². The first-order valence-corrected chi connectivity index (χ1v) is 10.3. The molecule has 3 rings (SSSR count). The zero-order chi connectivity index (χ0) is 20.1. The fraction of sp³-hybridized carbons (Fsp3) is 0.458. The van der Waals surface area contributed by atoms with Crippen molar-refractivity contribution in [1.29, 1.82) is 0 Å². The fourth-order valence-electron chi connectivity index (χ4n) is 4.44. The molecule has 2 N–H and O–H groups in total. The molecule has 2 atom stereocenters. The van der Waals surface area contributed by atoms with E-state index in [1.807, 2.05) is 30.0 Å². The maximum absolute atomic E-state index is 13.3. The van der Waals surface area contributed by atoms with E-state index in [0.29, 0.717) is 6.42 Å². The first kappa shape index (κ1) is 20.6. The number of nitrogens with two attached hydrogens (primary N) is 1. The third-order valence-corrected chi connectivity index (χ3v) is 6.32. The van der Waals surface area contributed by atoms with Crippen LogP contribution in [0.15, 0.2) is 60.7 Å². The van der Waals surface area contributed by atoms with E-state index < -0.39 is 0 Å². The van der Waals surface area contributed by atoms with Crippen molar-refractivity contribution in [2.24, 2.45) is 11.7 Å². The van der Waals surface area contributed by atoms with Gasteiger partial charge in [-0.1, -0.05) is 60.7 Å². The molecule has 2 aromatic rings. The summed E-state index contributed by atoms with van der Waals surface area (Å²) in [7, 11) is 4.29. The molecule has 1 aliphatic rings. The molecular weight excluding hydrogens is 346 g/mol. The van der Waals surface area contributed by atoms with Gasteiger partial charge in [0.1, 0.15) is 0 Å². The van der Waals surface area contributed by atoms with Gasteiger partial charge in [0.25, 0.3) is 0 Å². The Bertz CT molecular complexity index is 750. The maximum Gasteiger partial charge on any atom is 0.227 e. The molecule has 0 radical (unpaired) electrons. The van der Waals surface area contributed by atoms with Crippen LogP contribution in [0.3, 0.4) is 0 Å². The van der Waals surface area contributed by atoms with Gasteiger partial charge >= 0.3 is 0 Å². The third-order valence-electron chi connectivity index (χ3n) is 6.32. The predicted octanol–water partition coefficient (Wildman–Crippen LogP) is 3.27. The minimum atomic E-state index is -0.175. The molecule has 0 aliphatic carbocycles. The molecule has 2 aromatic carbocycles. The molecule has 150 valence electrons. The summed E-state index contributed by atoms with van der Waals surface area (Å²) in [5.74, 6) is 0.0188. The lowest BCUT2D eigenvalue weighted by molar-refractivity contribution is -0.138. The monoisotopic (exact) mass is 379 g/mol. The van der Waals surface area contributed by atoms with Gasteiger partial charge in [0.05, 0.1) is 5.92 Å². The smallest absolute Gasteiger partial charge is 0.227 e. The lowest BCUT2D eigenvalue weighted by atomic mass is 9.79. The lowest BCUT2D eigenvalue weighted by Gasteiger charge is -2.47. The molecular formula is C24H33N3O. The molecule has 0 spiro atoms. The van der Waals surface area contributed by atoms with Gasteiger partial charge in [-0.05, 0) is 51.4 Å². The zero-order valence-electron chi connectivity index (χ0n) is 17.3. The van der Waals surface area contributed by atoms with E-state index >= 15 is 0 Å². The number of likely N-dealkylation sites (tertiary alicyclic amines) is 1. The predicted molar refractivity (Wildman–Crippen MR) is 115 cm³/mol. The van der Waals surface area contributed by atoms with Crippen LogP contribution in [0.2, 0.25) is 0 Å². The van der Waals surface area contributed by atoms with Crippen LogP contribution in [-0.4, -0.2) is 48.9 Å². The number of piperidine rings is 1. The Kier molecular flexibility index (Phi) is 6.53. The normalized spacial score (nSPS) is 18.7. The van der Waals surface area contributed by atoms with E-state index in [1.54, 1.807) is 0 Å². The highest BCUT2D eigenvalue weighted by molar-refractivity contribution is 5.80. The number of hydrogen-bond donors (Lipinski definition) is 1. The zero-order valence-corrected chi connectivity index (χ0v) is 17.3. The van der Waals surface area contributed by atoms with E-state index in [-0.39, 0.29) is 23.4 Å². The van der Waals surface area contributed by atoms with E-state index in [0.717, 1.165) is 25.9 Å². The molecule has 0 aromatic heterocycles. The molecule has 0 bridgehead atoms. The second-order valence-electron chi connectivity index (χ2n) is 8.27. The lowest BCUT2D eigenvalue weighted by Crippen LogP contribution is -2.54. The Morgan fingerprint density at radius 2 is 1.57 bits per heavy atom. The summed E-state index contributed by atoms with van der Waals surface area (Å²) < 4.78 is 0. The van der Waals surface area contributed by atoms with Gasteiger partial charge in [0.2, 0.25) is 5.91 Å². The van der Waals surface area contributed by atoms with Crippen molar-refractivity contribution < 1.29 is 4.79 Å². The summed E-state index contributed by atoms with van der Waals surface area (Å²) in [6, 6.07) is 20.7. The summed E-state index contributed by atoms with van der Waals surface area (Å²) in [5.41, 5.74) is 8.72. The van der Waals surface area contributed by atoms with E-state index in [2.05, 4.69) is 61.5 Å². The topological polar surface area (TPSA) is 49.6 Å². The van der Waals surface area contributed by atoms with Crippen molar-refractivity contribution in [1.82, 2.24) is 9.80 Å². The van der Waals surface area contributed by atoms with Crippen LogP contribution in [0.25, 0.3) is 0 Å². The van der Waals surface area contributed by atoms with Gasteiger partial charge in [-0.15, -0.1) is 0 Å². The molecule has 1 fully saturated rings. The number of carbonyl (C=O) groups excluding carboxylic acids is 1. The molecule has 2 unspecified atom stereocenters. The molecule has 4 heteroatoms. The Morgan fingerprint density at radius 3 is 2.07 bits per heavy atom. The van der Waals surface area contributed by atoms with Crippen LogP contribution < -0.4 is 5.73 Å². The third kappa shape index (κ3) is 4.29. The summed E-state index contributed by atoms with van der Waals surface area (Å²) in [6.07, 6.45) is 2.57. The van der Waals surface area contributed by atoms with Crippen molar-refractivity contribution >= 4 is 5.91 Å². The highest BCUT2D eigenvalue weighted by atomic mass is 16.2. The van der Waals surface area contributed by atoms with Gasteiger partial charge in [-0.2, -0.15) is 0 Å². The van der Waals surface area contributed by atoms with Gasteiger partial charge in [-0.25, -0.2) is 0 Å². The molecule has 0 saturated carbocycles. The van der Waals surface area contributed by atoms with Crippen LogP contribution in [0.5, 0.6) is 0 Å². The Hall–Kier alpha value is -2.17. The molecule has 1 heterocycles. The standard InChI is InChI=1S/C24H33N3O/c1-19(25)22(18-20-10-6-4-7-11-20)23(28)27-16-14-24(15-17-27,26(2)3)21-12-8-5-9-13-21/h4-13,19,22H,14-18,25H2,1-3H3. The number of nitrogens with zero attached hydrogens (tertiary/aromatic N) is 2. The molecule has 1 aliphatic heterocycles. The van der Waals surface area contributed by atoms with Crippen LogP contribution in [0, 0.1) is 5.92 Å².